The van der Waals surface area contributed by atoms with Crippen molar-refractivity contribution in [3.63, 3.8) is 0 Å². The lowest BCUT2D eigenvalue weighted by atomic mass is 9.93. The van der Waals surface area contributed by atoms with E-state index in [9.17, 15) is 18.0 Å². The summed E-state index contributed by atoms with van der Waals surface area (Å²) < 4.78 is 41.2. The van der Waals surface area contributed by atoms with Crippen molar-refractivity contribution in [1.82, 2.24) is 0 Å². The van der Waals surface area contributed by atoms with Crippen molar-refractivity contribution < 1.29 is 23.1 Å². The number of carboxylic acid groups (broad SMARTS) is 1. The maximum Gasteiger partial charge on any atom is 0.430 e. The van der Waals surface area contributed by atoms with E-state index in [1.54, 1.807) is 30.3 Å². The second-order valence-corrected chi connectivity index (χ2v) is 6.42. The van der Waals surface area contributed by atoms with Crippen LogP contribution in [0.3, 0.4) is 0 Å². The van der Waals surface area contributed by atoms with Crippen LogP contribution in [-0.4, -0.2) is 35.0 Å². The van der Waals surface area contributed by atoms with Gasteiger partial charge >= 0.3 is 12.1 Å². The highest BCUT2D eigenvalue weighted by Crippen LogP contribution is 2.32. The van der Waals surface area contributed by atoms with E-state index in [1.165, 1.54) is 30.3 Å². The lowest BCUT2D eigenvalue weighted by molar-refractivity contribution is -0.0633. The Labute approximate surface area is 165 Å². The summed E-state index contributed by atoms with van der Waals surface area (Å²) in [4.78, 5) is 19.2. The Balaban J connectivity index is 2.01. The molecule has 3 rings (SSSR count). The number of aromatic carboxylic acids is 1. The molecule has 2 unspecified atom stereocenters. The molecule has 29 heavy (non-hydrogen) atoms. The van der Waals surface area contributed by atoms with Crippen molar-refractivity contribution in [2.45, 2.75) is 18.8 Å². The summed E-state index contributed by atoms with van der Waals surface area (Å²) in [7, 11) is 0. The van der Waals surface area contributed by atoms with Crippen LogP contribution in [0.15, 0.2) is 77.2 Å². The van der Waals surface area contributed by atoms with Gasteiger partial charge in [-0.2, -0.15) is 13.2 Å². The van der Waals surface area contributed by atoms with Gasteiger partial charge in [-0.1, -0.05) is 36.4 Å². The van der Waals surface area contributed by atoms with E-state index in [2.05, 4.69) is 21.9 Å². The first-order valence-corrected chi connectivity index (χ1v) is 8.79. The van der Waals surface area contributed by atoms with Gasteiger partial charge in [-0.25, -0.2) is 14.8 Å². The standard InChI is InChI=1S/C21H18F3N3O2/c1-2-6-16-17(21(22,23)24)26-18(13-7-4-3-5-8-13)27-19(16)25-15-11-9-14(10-12-15)20(28)29/h2-5,7-12,16,19,25H,1,6H2,(H,28,29). The molecule has 1 aliphatic rings. The quantitative estimate of drug-likeness (QED) is 0.684. The van der Waals surface area contributed by atoms with Gasteiger partial charge in [-0.3, -0.25) is 0 Å². The molecule has 0 saturated heterocycles. The van der Waals surface area contributed by atoms with Gasteiger partial charge in [-0.15, -0.1) is 6.58 Å². The van der Waals surface area contributed by atoms with Crippen LogP contribution < -0.4 is 5.32 Å². The van der Waals surface area contributed by atoms with Crippen molar-refractivity contribution in [2.24, 2.45) is 15.9 Å². The van der Waals surface area contributed by atoms with E-state index in [1.807, 2.05) is 0 Å². The number of halogens is 3. The highest BCUT2D eigenvalue weighted by molar-refractivity contribution is 6.11. The predicted molar refractivity (Wildman–Crippen MR) is 106 cm³/mol. The second-order valence-electron chi connectivity index (χ2n) is 6.42. The van der Waals surface area contributed by atoms with E-state index in [0.29, 0.717) is 11.3 Å². The summed E-state index contributed by atoms with van der Waals surface area (Å²) in [6.07, 6.45) is -4.16. The van der Waals surface area contributed by atoms with Gasteiger partial charge in [-0.05, 0) is 30.7 Å². The summed E-state index contributed by atoms with van der Waals surface area (Å²) >= 11 is 0. The fraction of sp³-hybridized carbons (Fsp3) is 0.190. The molecule has 0 fully saturated rings. The summed E-state index contributed by atoms with van der Waals surface area (Å²) in [5, 5.41) is 12.0. The molecule has 0 aromatic heterocycles. The molecule has 0 radical (unpaired) electrons. The molecule has 0 aliphatic carbocycles. The van der Waals surface area contributed by atoms with Crippen LogP contribution in [-0.2, 0) is 0 Å². The van der Waals surface area contributed by atoms with E-state index in [0.717, 1.165) is 0 Å². The molecule has 1 heterocycles. The van der Waals surface area contributed by atoms with Gasteiger partial charge < -0.3 is 10.4 Å². The minimum Gasteiger partial charge on any atom is -0.478 e. The molecule has 2 aromatic carbocycles. The van der Waals surface area contributed by atoms with Gasteiger partial charge in [0.1, 0.15) is 11.9 Å². The number of carboxylic acids is 1. The summed E-state index contributed by atoms with van der Waals surface area (Å²) in [5.41, 5.74) is 0.0757. The largest absolute Gasteiger partial charge is 0.478 e. The highest BCUT2D eigenvalue weighted by atomic mass is 19.4. The molecule has 150 valence electrons. The molecule has 2 aromatic rings. The minimum absolute atomic E-state index is 0.0158. The number of rotatable bonds is 6. The van der Waals surface area contributed by atoms with Gasteiger partial charge in [0, 0.05) is 11.3 Å². The van der Waals surface area contributed by atoms with Crippen molar-refractivity contribution in [1.29, 1.82) is 0 Å². The first-order chi connectivity index (χ1) is 13.8. The number of carbonyl (C=O) groups is 1. The number of hydrogen-bond donors (Lipinski definition) is 2. The molecule has 8 heteroatoms. The van der Waals surface area contributed by atoms with E-state index < -0.39 is 29.9 Å². The Morgan fingerprint density at radius 3 is 2.34 bits per heavy atom. The van der Waals surface area contributed by atoms with Crippen LogP contribution in [0, 0.1) is 5.92 Å². The Kier molecular flexibility index (Phi) is 5.81. The zero-order valence-corrected chi connectivity index (χ0v) is 15.2. The maximum absolute atomic E-state index is 13.7. The third-order valence-electron chi connectivity index (χ3n) is 4.41. The van der Waals surface area contributed by atoms with Gasteiger partial charge in [0.2, 0.25) is 0 Å². The Morgan fingerprint density at radius 2 is 1.79 bits per heavy atom. The highest BCUT2D eigenvalue weighted by Gasteiger charge is 2.45. The van der Waals surface area contributed by atoms with Gasteiger partial charge in [0.15, 0.2) is 5.84 Å². The number of aliphatic imine (C=N–C) groups is 2. The zero-order valence-electron chi connectivity index (χ0n) is 15.2. The van der Waals surface area contributed by atoms with Crippen LogP contribution in [0.4, 0.5) is 18.9 Å². The third-order valence-corrected chi connectivity index (χ3v) is 4.41. The lowest BCUT2D eigenvalue weighted by Crippen LogP contribution is -2.44. The molecular formula is C21H18F3N3O2. The van der Waals surface area contributed by atoms with E-state index >= 15 is 0 Å². The normalized spacial score (nSPS) is 19.1. The fourth-order valence-corrected chi connectivity index (χ4v) is 3.03. The number of nitrogens with one attached hydrogen (secondary N) is 1. The van der Waals surface area contributed by atoms with Crippen molar-refractivity contribution >= 4 is 23.2 Å². The second kappa shape index (κ2) is 8.30. The van der Waals surface area contributed by atoms with Crippen LogP contribution in [0.2, 0.25) is 0 Å². The topological polar surface area (TPSA) is 74.0 Å². The van der Waals surface area contributed by atoms with Crippen molar-refractivity contribution in [2.75, 3.05) is 5.32 Å². The molecule has 0 spiro atoms. The first kappa shape index (κ1) is 20.3. The molecule has 1 aliphatic heterocycles. The number of hydrogen-bond acceptors (Lipinski definition) is 4. The molecular weight excluding hydrogens is 383 g/mol. The smallest absolute Gasteiger partial charge is 0.430 e. The fourth-order valence-electron chi connectivity index (χ4n) is 3.03. The molecule has 5 nitrogen and oxygen atoms in total. The first-order valence-electron chi connectivity index (χ1n) is 8.79. The summed E-state index contributed by atoms with van der Waals surface area (Å²) in [6, 6.07) is 14.2. The van der Waals surface area contributed by atoms with Crippen LogP contribution in [0.25, 0.3) is 0 Å². The molecule has 2 atom stereocenters. The number of benzene rings is 2. The molecule has 2 N–H and O–H groups in total. The molecule has 0 saturated carbocycles. The number of anilines is 1. The zero-order chi connectivity index (χ0) is 21.0. The Bertz CT molecular complexity index is 951. The molecule has 0 amide bonds. The van der Waals surface area contributed by atoms with Gasteiger partial charge in [0.25, 0.3) is 0 Å². The number of alkyl halides is 3. The Hall–Kier alpha value is -3.42. The van der Waals surface area contributed by atoms with Crippen LogP contribution in [0.5, 0.6) is 0 Å². The van der Waals surface area contributed by atoms with Crippen LogP contribution in [0.1, 0.15) is 22.3 Å². The molecule has 0 bridgehead atoms. The lowest BCUT2D eigenvalue weighted by Gasteiger charge is -2.31. The van der Waals surface area contributed by atoms with Crippen molar-refractivity contribution in [3.8, 4) is 0 Å². The predicted octanol–water partition coefficient (Wildman–Crippen LogP) is 4.78. The van der Waals surface area contributed by atoms with E-state index in [-0.39, 0.29) is 17.8 Å². The monoisotopic (exact) mass is 401 g/mol. The summed E-state index contributed by atoms with van der Waals surface area (Å²) in [5.74, 6) is -2.17. The number of allylic oxidation sites excluding steroid dienone is 1. The average Bonchev–Trinajstić information content (AvgIpc) is 2.69. The number of nitrogens with zero attached hydrogens (tertiary/aromatic N) is 2. The van der Waals surface area contributed by atoms with Gasteiger partial charge in [0.05, 0.1) is 11.5 Å². The van der Waals surface area contributed by atoms with Crippen LogP contribution >= 0.6 is 0 Å². The maximum atomic E-state index is 13.7. The average molecular weight is 401 g/mol. The summed E-state index contributed by atoms with van der Waals surface area (Å²) in [6.45, 7) is 3.56. The third kappa shape index (κ3) is 4.71. The Morgan fingerprint density at radius 1 is 1.14 bits per heavy atom. The number of amidine groups is 1. The van der Waals surface area contributed by atoms with Crippen molar-refractivity contribution in [3.05, 3.63) is 78.4 Å². The minimum atomic E-state index is -4.63. The SMILES string of the molecule is C=CCC1C(C(F)(F)F)=NC(c2ccccc2)=NC1Nc1ccc(C(=O)O)cc1. The van der Waals surface area contributed by atoms with E-state index in [4.69, 9.17) is 5.11 Å².